The topological polar surface area (TPSA) is 17.3 Å². The van der Waals surface area contributed by atoms with Crippen molar-refractivity contribution in [2.45, 2.75) is 0 Å². The summed E-state index contributed by atoms with van der Waals surface area (Å²) in [5.41, 5.74) is 1.08. The first-order valence-electron chi connectivity index (χ1n) is 3.05. The Balaban J connectivity index is 2.87. The first-order valence-corrected chi connectivity index (χ1v) is 4.64. The zero-order valence-corrected chi connectivity index (χ0v) is 8.63. The van der Waals surface area contributed by atoms with Gasteiger partial charge in [-0.25, -0.2) is 4.98 Å². The van der Waals surface area contributed by atoms with Crippen LogP contribution in [0.3, 0.4) is 0 Å². The number of hydrogen-bond acceptors (Lipinski definition) is 1. The van der Waals surface area contributed by atoms with E-state index in [2.05, 4.69) is 36.8 Å². The van der Waals surface area contributed by atoms with Crippen molar-refractivity contribution in [2.75, 3.05) is 0 Å². The van der Waals surface area contributed by atoms with Gasteiger partial charge in [-0.3, -0.25) is 4.40 Å². The molecule has 2 aromatic rings. The van der Waals surface area contributed by atoms with Gasteiger partial charge in [-0.15, -0.1) is 0 Å². The predicted octanol–water partition coefficient (Wildman–Crippen LogP) is 2.86. The first-order chi connectivity index (χ1) is 5.27. The van der Waals surface area contributed by atoms with Gasteiger partial charge in [0, 0.05) is 10.7 Å². The lowest BCUT2D eigenvalue weighted by molar-refractivity contribution is 1.09. The second-order valence-electron chi connectivity index (χ2n) is 2.17. The number of fused-ring (bicyclic) bond motifs is 1. The van der Waals surface area contributed by atoms with Gasteiger partial charge in [-0.2, -0.15) is 0 Å². The summed E-state index contributed by atoms with van der Waals surface area (Å²) in [5.74, 6) is 0. The van der Waals surface area contributed by atoms with Gasteiger partial charge in [0.05, 0.1) is 11.7 Å². The van der Waals surface area contributed by atoms with E-state index in [0.717, 1.165) is 14.7 Å². The molecule has 2 nitrogen and oxygen atoms in total. The lowest BCUT2D eigenvalue weighted by Gasteiger charge is -1.94. The minimum Gasteiger partial charge on any atom is -0.293 e. The Hall–Kier alpha value is -0.350. The minimum atomic E-state index is 0.828. The maximum absolute atomic E-state index is 4.10. The number of imidazole rings is 1. The Bertz CT molecular complexity index is 394. The van der Waals surface area contributed by atoms with Gasteiger partial charge in [-0.05, 0) is 44.0 Å². The lowest BCUT2D eigenvalue weighted by atomic mass is 10.4. The zero-order valence-electron chi connectivity index (χ0n) is 5.46. The highest BCUT2D eigenvalue weighted by Gasteiger charge is 1.98. The van der Waals surface area contributed by atoms with Crippen molar-refractivity contribution in [1.82, 2.24) is 9.38 Å². The van der Waals surface area contributed by atoms with Crippen LogP contribution in [0, 0.1) is 0 Å². The molecule has 0 N–H and O–H groups in total. The molecule has 0 aliphatic rings. The van der Waals surface area contributed by atoms with Gasteiger partial charge in [0.2, 0.25) is 0 Å². The van der Waals surface area contributed by atoms with Gasteiger partial charge in [0.15, 0.2) is 4.73 Å². The van der Waals surface area contributed by atoms with Crippen molar-refractivity contribution in [3.8, 4) is 0 Å². The molecule has 0 aliphatic carbocycles. The molecular weight excluding hydrogens is 272 g/mol. The van der Waals surface area contributed by atoms with Gasteiger partial charge >= 0.3 is 0 Å². The standard InChI is InChI=1S/C7H4Br2N2/c8-5-1-2-6-3-10-7(9)11(6)4-5/h1-4H. The van der Waals surface area contributed by atoms with Crippen LogP contribution in [-0.2, 0) is 0 Å². The van der Waals surface area contributed by atoms with E-state index in [4.69, 9.17) is 0 Å². The molecule has 0 aliphatic heterocycles. The van der Waals surface area contributed by atoms with Crippen LogP contribution in [0.2, 0.25) is 0 Å². The van der Waals surface area contributed by atoms with E-state index in [-0.39, 0.29) is 0 Å². The Morgan fingerprint density at radius 3 is 2.91 bits per heavy atom. The molecule has 0 saturated heterocycles. The van der Waals surface area contributed by atoms with Gasteiger partial charge in [0.25, 0.3) is 0 Å². The summed E-state index contributed by atoms with van der Waals surface area (Å²) in [6.07, 6.45) is 3.78. The average molecular weight is 276 g/mol. The number of aromatic nitrogens is 2. The summed E-state index contributed by atoms with van der Waals surface area (Å²) in [4.78, 5) is 4.10. The molecule has 0 saturated carbocycles. The molecule has 0 spiro atoms. The van der Waals surface area contributed by atoms with Crippen molar-refractivity contribution in [3.05, 3.63) is 33.7 Å². The first kappa shape index (κ1) is 7.31. The lowest BCUT2D eigenvalue weighted by Crippen LogP contribution is -1.82. The summed E-state index contributed by atoms with van der Waals surface area (Å²) in [6.45, 7) is 0. The van der Waals surface area contributed by atoms with Gasteiger partial charge in [-0.1, -0.05) is 0 Å². The van der Waals surface area contributed by atoms with E-state index in [1.807, 2.05) is 28.9 Å². The van der Waals surface area contributed by atoms with E-state index < -0.39 is 0 Å². The smallest absolute Gasteiger partial charge is 0.181 e. The molecule has 4 heteroatoms. The molecule has 0 atom stereocenters. The number of nitrogens with zero attached hydrogens (tertiary/aromatic N) is 2. The van der Waals surface area contributed by atoms with Crippen LogP contribution in [0.25, 0.3) is 5.52 Å². The molecule has 2 rings (SSSR count). The largest absolute Gasteiger partial charge is 0.293 e. The average Bonchev–Trinajstić information content (AvgIpc) is 2.33. The maximum Gasteiger partial charge on any atom is 0.181 e. The summed E-state index contributed by atoms with van der Waals surface area (Å²) < 4.78 is 3.84. The van der Waals surface area contributed by atoms with Crippen molar-refractivity contribution >= 4 is 37.4 Å². The van der Waals surface area contributed by atoms with Gasteiger partial charge in [0.1, 0.15) is 0 Å². The molecule has 0 unspecified atom stereocenters. The van der Waals surface area contributed by atoms with Crippen LogP contribution in [0.4, 0.5) is 0 Å². The van der Waals surface area contributed by atoms with Crippen LogP contribution >= 0.6 is 31.9 Å². The number of halogens is 2. The predicted molar refractivity (Wildman–Crippen MR) is 50.6 cm³/mol. The molecule has 0 amide bonds. The molecule has 0 aromatic carbocycles. The highest BCUT2D eigenvalue weighted by molar-refractivity contribution is 9.10. The zero-order chi connectivity index (χ0) is 7.84. The van der Waals surface area contributed by atoms with Crippen LogP contribution in [0.15, 0.2) is 33.7 Å². The summed E-state index contributed by atoms with van der Waals surface area (Å²) in [5, 5.41) is 0. The highest BCUT2D eigenvalue weighted by atomic mass is 79.9. The molecular formula is C7H4Br2N2. The molecule has 11 heavy (non-hydrogen) atoms. The van der Waals surface area contributed by atoms with Crippen molar-refractivity contribution in [2.24, 2.45) is 0 Å². The number of rotatable bonds is 0. The highest BCUT2D eigenvalue weighted by Crippen LogP contribution is 2.16. The summed E-state index contributed by atoms with van der Waals surface area (Å²) in [6, 6.07) is 3.99. The van der Waals surface area contributed by atoms with Crippen LogP contribution < -0.4 is 0 Å². The van der Waals surface area contributed by atoms with Crippen LogP contribution in [0.1, 0.15) is 0 Å². The fourth-order valence-corrected chi connectivity index (χ4v) is 1.68. The number of pyridine rings is 1. The van der Waals surface area contributed by atoms with Crippen LogP contribution in [0.5, 0.6) is 0 Å². The van der Waals surface area contributed by atoms with E-state index in [1.54, 1.807) is 0 Å². The van der Waals surface area contributed by atoms with E-state index in [1.165, 1.54) is 0 Å². The summed E-state index contributed by atoms with van der Waals surface area (Å²) in [7, 11) is 0. The molecule has 56 valence electrons. The van der Waals surface area contributed by atoms with E-state index >= 15 is 0 Å². The third-order valence-corrected chi connectivity index (χ3v) is 2.50. The van der Waals surface area contributed by atoms with E-state index in [9.17, 15) is 0 Å². The Kier molecular flexibility index (Phi) is 1.73. The fourth-order valence-electron chi connectivity index (χ4n) is 0.933. The quantitative estimate of drug-likeness (QED) is 0.723. The molecule has 2 heterocycles. The van der Waals surface area contributed by atoms with Crippen molar-refractivity contribution in [1.29, 1.82) is 0 Å². The monoisotopic (exact) mass is 274 g/mol. The Morgan fingerprint density at radius 2 is 2.09 bits per heavy atom. The molecule has 0 bridgehead atoms. The third kappa shape index (κ3) is 1.20. The maximum atomic E-state index is 4.10. The normalized spacial score (nSPS) is 10.7. The van der Waals surface area contributed by atoms with Crippen LogP contribution in [-0.4, -0.2) is 9.38 Å². The molecule has 0 fully saturated rings. The molecule has 0 radical (unpaired) electrons. The van der Waals surface area contributed by atoms with E-state index in [0.29, 0.717) is 0 Å². The van der Waals surface area contributed by atoms with Crippen molar-refractivity contribution < 1.29 is 0 Å². The van der Waals surface area contributed by atoms with Crippen molar-refractivity contribution in [3.63, 3.8) is 0 Å². The minimum absolute atomic E-state index is 0.828. The third-order valence-electron chi connectivity index (χ3n) is 1.45. The molecule has 2 aromatic heterocycles. The Labute approximate surface area is 80.5 Å². The number of hydrogen-bond donors (Lipinski definition) is 0. The second kappa shape index (κ2) is 2.60. The Morgan fingerprint density at radius 1 is 1.27 bits per heavy atom. The summed E-state index contributed by atoms with van der Waals surface area (Å²) >= 11 is 6.71. The SMILES string of the molecule is Brc1ccc2cnc(Br)n2c1. The van der Waals surface area contributed by atoms with Gasteiger partial charge < -0.3 is 0 Å². The fraction of sp³-hybridized carbons (Fsp3) is 0. The second-order valence-corrected chi connectivity index (χ2v) is 3.79.